The summed E-state index contributed by atoms with van der Waals surface area (Å²) < 4.78 is 0. The zero-order valence-corrected chi connectivity index (χ0v) is 14.6. The van der Waals surface area contributed by atoms with Crippen molar-refractivity contribution >= 4 is 11.8 Å². The molecule has 130 valence electrons. The van der Waals surface area contributed by atoms with Gasteiger partial charge < -0.3 is 10.2 Å². The highest BCUT2D eigenvalue weighted by Gasteiger charge is 2.27. The van der Waals surface area contributed by atoms with Crippen LogP contribution < -0.4 is 5.32 Å². The van der Waals surface area contributed by atoms with E-state index in [1.807, 2.05) is 54.3 Å². The number of hydrogen-bond donors (Lipinski definition) is 1. The lowest BCUT2D eigenvalue weighted by molar-refractivity contribution is -0.126. The summed E-state index contributed by atoms with van der Waals surface area (Å²) in [7, 11) is 0. The van der Waals surface area contributed by atoms with Crippen LogP contribution in [0.15, 0.2) is 54.6 Å². The largest absolute Gasteiger partial charge is 0.356 e. The number of piperidine rings is 1. The molecule has 0 radical (unpaired) electrons. The Morgan fingerprint density at radius 1 is 0.960 bits per heavy atom. The van der Waals surface area contributed by atoms with Gasteiger partial charge in [0, 0.05) is 31.1 Å². The van der Waals surface area contributed by atoms with E-state index in [1.165, 1.54) is 0 Å². The first kappa shape index (κ1) is 17.2. The maximum atomic E-state index is 12.7. The van der Waals surface area contributed by atoms with Crippen molar-refractivity contribution < 1.29 is 9.59 Å². The highest BCUT2D eigenvalue weighted by molar-refractivity contribution is 5.95. The van der Waals surface area contributed by atoms with Gasteiger partial charge in [-0.3, -0.25) is 9.59 Å². The van der Waals surface area contributed by atoms with E-state index in [2.05, 4.69) is 17.4 Å². The zero-order valence-electron chi connectivity index (χ0n) is 14.6. The van der Waals surface area contributed by atoms with Crippen molar-refractivity contribution in [2.24, 2.45) is 5.92 Å². The number of hydrogen-bond acceptors (Lipinski definition) is 2. The highest BCUT2D eigenvalue weighted by Crippen LogP contribution is 2.22. The first-order chi connectivity index (χ1) is 12.2. The minimum Gasteiger partial charge on any atom is -0.356 e. The van der Waals surface area contributed by atoms with Crippen molar-refractivity contribution in [1.82, 2.24) is 10.2 Å². The molecule has 1 heterocycles. The second-order valence-corrected chi connectivity index (χ2v) is 6.40. The lowest BCUT2D eigenvalue weighted by Gasteiger charge is -2.31. The van der Waals surface area contributed by atoms with Crippen molar-refractivity contribution in [3.8, 4) is 11.1 Å². The van der Waals surface area contributed by atoms with Gasteiger partial charge >= 0.3 is 0 Å². The Morgan fingerprint density at radius 3 is 2.16 bits per heavy atom. The fourth-order valence-corrected chi connectivity index (χ4v) is 3.28. The molecular weight excluding hydrogens is 312 g/mol. The fraction of sp³-hybridized carbons (Fsp3) is 0.333. The Balaban J connectivity index is 1.61. The topological polar surface area (TPSA) is 49.4 Å². The van der Waals surface area contributed by atoms with E-state index in [9.17, 15) is 9.59 Å². The van der Waals surface area contributed by atoms with Gasteiger partial charge in [0.15, 0.2) is 0 Å². The van der Waals surface area contributed by atoms with Gasteiger partial charge in [0.05, 0.1) is 0 Å². The van der Waals surface area contributed by atoms with Gasteiger partial charge in [0.1, 0.15) is 0 Å². The quantitative estimate of drug-likeness (QED) is 0.931. The van der Waals surface area contributed by atoms with Gasteiger partial charge in [-0.1, -0.05) is 42.5 Å². The van der Waals surface area contributed by atoms with Gasteiger partial charge in [-0.2, -0.15) is 0 Å². The average molecular weight is 336 g/mol. The maximum absolute atomic E-state index is 12.7. The molecule has 1 saturated heterocycles. The van der Waals surface area contributed by atoms with Crippen LogP contribution >= 0.6 is 0 Å². The molecule has 4 nitrogen and oxygen atoms in total. The Kier molecular flexibility index (Phi) is 5.49. The van der Waals surface area contributed by atoms with Crippen LogP contribution in [0.1, 0.15) is 30.1 Å². The van der Waals surface area contributed by atoms with Gasteiger partial charge in [-0.15, -0.1) is 0 Å². The minimum absolute atomic E-state index is 0.0319. The van der Waals surface area contributed by atoms with Crippen LogP contribution in [0.3, 0.4) is 0 Å². The number of carbonyl (C=O) groups is 2. The van der Waals surface area contributed by atoms with E-state index in [-0.39, 0.29) is 17.7 Å². The number of rotatable bonds is 4. The minimum atomic E-state index is 0.0319. The molecular formula is C21H24N2O2. The van der Waals surface area contributed by atoms with Crippen molar-refractivity contribution in [1.29, 1.82) is 0 Å². The molecule has 2 aromatic rings. The summed E-state index contributed by atoms with van der Waals surface area (Å²) in [6, 6.07) is 17.9. The molecule has 2 amide bonds. The van der Waals surface area contributed by atoms with Gasteiger partial charge in [0.25, 0.3) is 5.91 Å². The molecule has 0 aromatic heterocycles. The Bertz CT molecular complexity index is 717. The summed E-state index contributed by atoms with van der Waals surface area (Å²) >= 11 is 0. The summed E-state index contributed by atoms with van der Waals surface area (Å²) in [6.07, 6.45) is 1.47. The van der Waals surface area contributed by atoms with Crippen LogP contribution in [0, 0.1) is 5.92 Å². The van der Waals surface area contributed by atoms with E-state index in [4.69, 9.17) is 0 Å². The van der Waals surface area contributed by atoms with Crippen LogP contribution in [-0.2, 0) is 4.79 Å². The second kappa shape index (κ2) is 7.97. The lowest BCUT2D eigenvalue weighted by Crippen LogP contribution is -2.43. The number of nitrogens with one attached hydrogen (secondary N) is 1. The van der Waals surface area contributed by atoms with Crippen molar-refractivity contribution in [3.63, 3.8) is 0 Å². The van der Waals surface area contributed by atoms with E-state index in [0.717, 1.165) is 24.0 Å². The molecule has 25 heavy (non-hydrogen) atoms. The van der Waals surface area contributed by atoms with E-state index in [1.54, 1.807) is 0 Å². The summed E-state index contributed by atoms with van der Waals surface area (Å²) in [4.78, 5) is 26.4. The SMILES string of the molecule is CCNC(=O)C1CCN(C(=O)c2ccc(-c3ccccc3)cc2)CC1. The molecule has 1 aliphatic rings. The lowest BCUT2D eigenvalue weighted by atomic mass is 9.95. The predicted octanol–water partition coefficient (Wildman–Crippen LogP) is 3.34. The van der Waals surface area contributed by atoms with Crippen LogP contribution in [0.4, 0.5) is 0 Å². The molecule has 1 aliphatic heterocycles. The molecule has 0 atom stereocenters. The zero-order chi connectivity index (χ0) is 17.6. The summed E-state index contributed by atoms with van der Waals surface area (Å²) in [5.41, 5.74) is 2.95. The number of amides is 2. The average Bonchev–Trinajstić information content (AvgIpc) is 2.68. The van der Waals surface area contributed by atoms with Crippen molar-refractivity contribution in [2.45, 2.75) is 19.8 Å². The van der Waals surface area contributed by atoms with E-state index >= 15 is 0 Å². The van der Waals surface area contributed by atoms with Crippen LogP contribution in [0.25, 0.3) is 11.1 Å². The maximum Gasteiger partial charge on any atom is 0.253 e. The normalized spacial score (nSPS) is 15.0. The van der Waals surface area contributed by atoms with Gasteiger partial charge in [0.2, 0.25) is 5.91 Å². The van der Waals surface area contributed by atoms with Gasteiger partial charge in [-0.25, -0.2) is 0 Å². The molecule has 3 rings (SSSR count). The molecule has 0 bridgehead atoms. The van der Waals surface area contributed by atoms with Crippen LogP contribution in [0.2, 0.25) is 0 Å². The Labute approximate surface area is 148 Å². The van der Waals surface area contributed by atoms with Crippen molar-refractivity contribution in [2.75, 3.05) is 19.6 Å². The third kappa shape index (κ3) is 4.08. The summed E-state index contributed by atoms with van der Waals surface area (Å²) in [6.45, 7) is 3.86. The fourth-order valence-electron chi connectivity index (χ4n) is 3.28. The molecule has 1 N–H and O–H groups in total. The second-order valence-electron chi connectivity index (χ2n) is 6.40. The van der Waals surface area contributed by atoms with Crippen molar-refractivity contribution in [3.05, 3.63) is 60.2 Å². The Morgan fingerprint density at radius 2 is 1.56 bits per heavy atom. The number of benzene rings is 2. The highest BCUT2D eigenvalue weighted by atomic mass is 16.2. The molecule has 0 unspecified atom stereocenters. The molecule has 1 fully saturated rings. The molecule has 0 aliphatic carbocycles. The van der Waals surface area contributed by atoms with Gasteiger partial charge in [-0.05, 0) is 43.0 Å². The Hall–Kier alpha value is -2.62. The molecule has 0 spiro atoms. The summed E-state index contributed by atoms with van der Waals surface area (Å²) in [5.74, 6) is 0.195. The van der Waals surface area contributed by atoms with E-state index < -0.39 is 0 Å². The van der Waals surface area contributed by atoms with Crippen LogP contribution in [-0.4, -0.2) is 36.3 Å². The third-order valence-corrected chi connectivity index (χ3v) is 4.74. The third-order valence-electron chi connectivity index (χ3n) is 4.74. The van der Waals surface area contributed by atoms with Crippen LogP contribution in [0.5, 0.6) is 0 Å². The van der Waals surface area contributed by atoms with E-state index in [0.29, 0.717) is 25.2 Å². The standard InChI is InChI=1S/C21H24N2O2/c1-2-22-20(24)18-12-14-23(15-13-18)21(25)19-10-8-17(9-11-19)16-6-4-3-5-7-16/h3-11,18H,2,12-15H2,1H3,(H,22,24). The molecule has 2 aromatic carbocycles. The smallest absolute Gasteiger partial charge is 0.253 e. The first-order valence-electron chi connectivity index (χ1n) is 8.91. The molecule has 4 heteroatoms. The monoisotopic (exact) mass is 336 g/mol. The first-order valence-corrected chi connectivity index (χ1v) is 8.91. The number of nitrogens with zero attached hydrogens (tertiary/aromatic N) is 1. The number of carbonyl (C=O) groups excluding carboxylic acids is 2. The number of likely N-dealkylation sites (tertiary alicyclic amines) is 1. The summed E-state index contributed by atoms with van der Waals surface area (Å²) in [5, 5.41) is 2.87. The molecule has 0 saturated carbocycles. The predicted molar refractivity (Wildman–Crippen MR) is 99.2 cm³/mol.